The van der Waals surface area contributed by atoms with Gasteiger partial charge in [-0.2, -0.15) is 0 Å². The third-order valence-electron chi connectivity index (χ3n) is 1.73. The van der Waals surface area contributed by atoms with Gasteiger partial charge >= 0.3 is 5.97 Å². The van der Waals surface area contributed by atoms with Gasteiger partial charge in [-0.05, 0) is 11.6 Å². The molecule has 0 bridgehead atoms. The summed E-state index contributed by atoms with van der Waals surface area (Å²) >= 11 is 3.42. The summed E-state index contributed by atoms with van der Waals surface area (Å²) in [4.78, 5) is 10.7. The topological polar surface area (TPSA) is 26.3 Å². The molecule has 0 aliphatic rings. The minimum Gasteiger partial charge on any atom is -0.466 e. The van der Waals surface area contributed by atoms with E-state index in [4.69, 9.17) is 0 Å². The van der Waals surface area contributed by atoms with E-state index in [0.717, 1.165) is 10.0 Å². The van der Waals surface area contributed by atoms with Gasteiger partial charge in [0.05, 0.1) is 7.11 Å². The molecular formula is C12H11BrO2. The molecular weight excluding hydrogens is 256 g/mol. The van der Waals surface area contributed by atoms with E-state index in [9.17, 15) is 4.79 Å². The maximum Gasteiger partial charge on any atom is 0.330 e. The second-order valence-electron chi connectivity index (χ2n) is 2.76. The van der Waals surface area contributed by atoms with Gasteiger partial charge in [-0.15, -0.1) is 0 Å². The predicted molar refractivity (Wildman–Crippen MR) is 64.3 cm³/mol. The predicted octanol–water partition coefficient (Wildman–Crippen LogP) is 3.19. The fourth-order valence-electron chi connectivity index (χ4n) is 0.972. The summed E-state index contributed by atoms with van der Waals surface area (Å²) in [5.41, 5.74) is 1.06. The van der Waals surface area contributed by atoms with Crippen LogP contribution in [0.3, 0.4) is 0 Å². The van der Waals surface area contributed by atoms with Crippen LogP contribution in [0.15, 0.2) is 47.0 Å². The Balaban J connectivity index is 2.63. The number of esters is 1. The van der Waals surface area contributed by atoms with Gasteiger partial charge in [0.15, 0.2) is 0 Å². The number of benzene rings is 1. The molecule has 0 saturated heterocycles. The molecule has 0 radical (unpaired) electrons. The van der Waals surface area contributed by atoms with E-state index in [-0.39, 0.29) is 5.97 Å². The normalized spacial score (nSPS) is 11.1. The zero-order valence-electron chi connectivity index (χ0n) is 8.31. The van der Waals surface area contributed by atoms with E-state index >= 15 is 0 Å². The number of rotatable bonds is 3. The van der Waals surface area contributed by atoms with Gasteiger partial charge in [0, 0.05) is 10.5 Å². The molecule has 0 saturated carbocycles. The Morgan fingerprint density at radius 2 is 2.07 bits per heavy atom. The third-order valence-corrected chi connectivity index (χ3v) is 2.45. The van der Waals surface area contributed by atoms with Crippen LogP contribution in [-0.2, 0) is 9.53 Å². The lowest BCUT2D eigenvalue weighted by atomic mass is 10.2. The first-order valence-electron chi connectivity index (χ1n) is 4.41. The van der Waals surface area contributed by atoms with Crippen molar-refractivity contribution in [3.63, 3.8) is 0 Å². The number of hydrogen-bond donors (Lipinski definition) is 0. The largest absolute Gasteiger partial charge is 0.466 e. The summed E-state index contributed by atoms with van der Waals surface area (Å²) in [5, 5.41) is 0. The van der Waals surface area contributed by atoms with Crippen LogP contribution < -0.4 is 0 Å². The SMILES string of the molecule is COC(=O)/C=C/C=C/c1ccccc1Br. The van der Waals surface area contributed by atoms with Gasteiger partial charge < -0.3 is 4.74 Å². The maximum absolute atomic E-state index is 10.7. The van der Waals surface area contributed by atoms with Crippen molar-refractivity contribution < 1.29 is 9.53 Å². The van der Waals surface area contributed by atoms with Crippen molar-refractivity contribution >= 4 is 28.0 Å². The summed E-state index contributed by atoms with van der Waals surface area (Å²) in [7, 11) is 1.35. The summed E-state index contributed by atoms with van der Waals surface area (Å²) in [6.07, 6.45) is 6.71. The zero-order chi connectivity index (χ0) is 11.1. The molecule has 0 N–H and O–H groups in total. The highest BCUT2D eigenvalue weighted by Gasteiger charge is 1.91. The number of carbonyl (C=O) groups excluding carboxylic acids is 1. The second-order valence-corrected chi connectivity index (χ2v) is 3.62. The first-order chi connectivity index (χ1) is 7.24. The average molecular weight is 267 g/mol. The van der Waals surface area contributed by atoms with E-state index in [1.54, 1.807) is 12.2 Å². The Hall–Kier alpha value is -1.35. The number of allylic oxidation sites excluding steroid dienone is 2. The van der Waals surface area contributed by atoms with Gasteiger partial charge in [-0.3, -0.25) is 0 Å². The highest BCUT2D eigenvalue weighted by molar-refractivity contribution is 9.10. The highest BCUT2D eigenvalue weighted by atomic mass is 79.9. The summed E-state index contributed by atoms with van der Waals surface area (Å²) < 4.78 is 5.48. The van der Waals surface area contributed by atoms with Crippen LogP contribution in [-0.4, -0.2) is 13.1 Å². The molecule has 0 aliphatic carbocycles. The van der Waals surface area contributed by atoms with E-state index in [0.29, 0.717) is 0 Å². The first-order valence-corrected chi connectivity index (χ1v) is 5.20. The molecule has 1 aromatic rings. The Morgan fingerprint density at radius 1 is 1.33 bits per heavy atom. The number of methoxy groups -OCH3 is 1. The molecule has 1 aromatic carbocycles. The monoisotopic (exact) mass is 266 g/mol. The van der Waals surface area contributed by atoms with Crippen LogP contribution in [0.25, 0.3) is 6.08 Å². The summed E-state index contributed by atoms with van der Waals surface area (Å²) in [6, 6.07) is 7.84. The highest BCUT2D eigenvalue weighted by Crippen LogP contribution is 2.16. The molecule has 0 unspecified atom stereocenters. The standard InChI is InChI=1S/C12H11BrO2/c1-15-12(14)9-5-3-7-10-6-2-4-8-11(10)13/h2-9H,1H3/b7-3+,9-5+. The summed E-state index contributed by atoms with van der Waals surface area (Å²) in [6.45, 7) is 0. The molecule has 0 aromatic heterocycles. The minimum absolute atomic E-state index is 0.355. The van der Waals surface area contributed by atoms with E-state index in [1.165, 1.54) is 13.2 Å². The molecule has 15 heavy (non-hydrogen) atoms. The lowest BCUT2D eigenvalue weighted by Gasteiger charge is -1.95. The van der Waals surface area contributed by atoms with Crippen molar-refractivity contribution in [1.29, 1.82) is 0 Å². The number of carbonyl (C=O) groups is 1. The van der Waals surface area contributed by atoms with Gasteiger partial charge in [-0.25, -0.2) is 4.79 Å². The number of halogens is 1. The van der Waals surface area contributed by atoms with Crippen LogP contribution >= 0.6 is 15.9 Å². The molecule has 0 heterocycles. The molecule has 2 nitrogen and oxygen atoms in total. The smallest absolute Gasteiger partial charge is 0.330 e. The van der Waals surface area contributed by atoms with Gasteiger partial charge in [-0.1, -0.05) is 52.4 Å². The summed E-state index contributed by atoms with van der Waals surface area (Å²) in [5.74, 6) is -0.355. The van der Waals surface area contributed by atoms with E-state index < -0.39 is 0 Å². The van der Waals surface area contributed by atoms with Gasteiger partial charge in [0.2, 0.25) is 0 Å². The molecule has 1 rings (SSSR count). The zero-order valence-corrected chi connectivity index (χ0v) is 9.90. The lowest BCUT2D eigenvalue weighted by molar-refractivity contribution is -0.134. The Bertz CT molecular complexity index is 394. The van der Waals surface area contributed by atoms with Crippen LogP contribution in [0, 0.1) is 0 Å². The van der Waals surface area contributed by atoms with E-state index in [1.807, 2.05) is 30.3 Å². The van der Waals surface area contributed by atoms with Crippen LogP contribution in [0.5, 0.6) is 0 Å². The molecule has 0 amide bonds. The molecule has 0 fully saturated rings. The van der Waals surface area contributed by atoms with Gasteiger partial charge in [0.1, 0.15) is 0 Å². The quantitative estimate of drug-likeness (QED) is 0.477. The Labute approximate surface area is 97.4 Å². The van der Waals surface area contributed by atoms with Crippen LogP contribution in [0.4, 0.5) is 0 Å². The molecule has 78 valence electrons. The number of ether oxygens (including phenoxy) is 1. The molecule has 0 atom stereocenters. The molecule has 0 spiro atoms. The number of hydrogen-bond acceptors (Lipinski definition) is 2. The van der Waals surface area contributed by atoms with Crippen molar-refractivity contribution in [2.75, 3.05) is 7.11 Å². The van der Waals surface area contributed by atoms with Crippen LogP contribution in [0.2, 0.25) is 0 Å². The Kier molecular flexibility index (Phi) is 4.84. The lowest BCUT2D eigenvalue weighted by Crippen LogP contribution is -1.92. The second kappa shape index (κ2) is 6.19. The molecule has 0 aliphatic heterocycles. The van der Waals surface area contributed by atoms with Crippen molar-refractivity contribution in [3.8, 4) is 0 Å². The maximum atomic E-state index is 10.7. The fourth-order valence-corrected chi connectivity index (χ4v) is 1.39. The van der Waals surface area contributed by atoms with Crippen molar-refractivity contribution in [2.24, 2.45) is 0 Å². The Morgan fingerprint density at radius 3 is 2.73 bits per heavy atom. The van der Waals surface area contributed by atoms with E-state index in [2.05, 4.69) is 20.7 Å². The fraction of sp³-hybridized carbons (Fsp3) is 0.0833. The molecule has 3 heteroatoms. The van der Waals surface area contributed by atoms with Gasteiger partial charge in [0.25, 0.3) is 0 Å². The van der Waals surface area contributed by atoms with Crippen molar-refractivity contribution in [3.05, 3.63) is 52.5 Å². The van der Waals surface area contributed by atoms with Crippen molar-refractivity contribution in [2.45, 2.75) is 0 Å². The van der Waals surface area contributed by atoms with Crippen molar-refractivity contribution in [1.82, 2.24) is 0 Å². The average Bonchev–Trinajstić information content (AvgIpc) is 2.26. The minimum atomic E-state index is -0.355. The van der Waals surface area contributed by atoms with Crippen LogP contribution in [0.1, 0.15) is 5.56 Å². The third kappa shape index (κ3) is 4.13. The first kappa shape index (κ1) is 11.7.